The number of hydrogen-bond acceptors (Lipinski definition) is 5. The lowest BCUT2D eigenvalue weighted by Crippen LogP contribution is -2.41. The Morgan fingerprint density at radius 1 is 1.11 bits per heavy atom. The molecule has 3 heterocycles. The summed E-state index contributed by atoms with van der Waals surface area (Å²) in [4.78, 5) is 7.15. The Morgan fingerprint density at radius 2 is 1.86 bits per heavy atom. The molecule has 28 heavy (non-hydrogen) atoms. The second-order valence-corrected chi connectivity index (χ2v) is 6.97. The summed E-state index contributed by atoms with van der Waals surface area (Å²) < 4.78 is 9.52. The van der Waals surface area contributed by atoms with Crippen LogP contribution >= 0.6 is 0 Å². The van der Waals surface area contributed by atoms with Gasteiger partial charge < -0.3 is 24.5 Å². The summed E-state index contributed by atoms with van der Waals surface area (Å²) in [5.74, 6) is 2.57. The molecule has 0 unspecified atom stereocenters. The fourth-order valence-corrected chi connectivity index (χ4v) is 3.07. The predicted molar refractivity (Wildman–Crippen MR) is 109 cm³/mol. The van der Waals surface area contributed by atoms with E-state index >= 15 is 0 Å². The van der Waals surface area contributed by atoms with Gasteiger partial charge in [0.25, 0.3) is 0 Å². The van der Waals surface area contributed by atoms with Crippen molar-refractivity contribution in [3.05, 3.63) is 36.2 Å². The van der Waals surface area contributed by atoms with Gasteiger partial charge in [-0.25, -0.2) is 4.99 Å². The SMILES string of the molecule is Cc1nnc(CN=C(NCCCN2CCOCC2)NCCn2cccc2)n1C. The monoisotopic (exact) mass is 388 g/mol. The molecule has 0 spiro atoms. The lowest BCUT2D eigenvalue weighted by Gasteiger charge is -2.26. The minimum atomic E-state index is 0.500. The molecule has 0 saturated carbocycles. The number of hydrogen-bond donors (Lipinski definition) is 2. The standard InChI is InChI=1S/C19H32N8O/c1-17-23-24-18(25(17)2)16-22-19(21-7-11-26-8-3-4-9-26)20-6-5-10-27-12-14-28-15-13-27/h3-4,8-9H,5-7,10-16H2,1-2H3,(H2,20,21,22). The Hall–Kier alpha value is -2.39. The van der Waals surface area contributed by atoms with Gasteiger partial charge in [0, 0.05) is 52.2 Å². The highest BCUT2D eigenvalue weighted by molar-refractivity contribution is 5.79. The summed E-state index contributed by atoms with van der Waals surface area (Å²) in [5.41, 5.74) is 0. The summed E-state index contributed by atoms with van der Waals surface area (Å²) in [5, 5.41) is 15.2. The fourth-order valence-electron chi connectivity index (χ4n) is 3.07. The maximum absolute atomic E-state index is 5.40. The fraction of sp³-hybridized carbons (Fsp3) is 0.632. The maximum Gasteiger partial charge on any atom is 0.191 e. The van der Waals surface area contributed by atoms with E-state index in [1.165, 1.54) is 0 Å². The van der Waals surface area contributed by atoms with Gasteiger partial charge in [0.15, 0.2) is 11.8 Å². The third-order valence-corrected chi connectivity index (χ3v) is 4.94. The quantitative estimate of drug-likeness (QED) is 0.367. The minimum Gasteiger partial charge on any atom is -0.379 e. The molecule has 0 amide bonds. The first-order valence-electron chi connectivity index (χ1n) is 10.0. The summed E-state index contributed by atoms with van der Waals surface area (Å²) >= 11 is 0. The van der Waals surface area contributed by atoms with E-state index in [2.05, 4.69) is 42.7 Å². The highest BCUT2D eigenvalue weighted by Gasteiger charge is 2.09. The van der Waals surface area contributed by atoms with Gasteiger partial charge in [0.05, 0.1) is 13.2 Å². The smallest absolute Gasteiger partial charge is 0.191 e. The Balaban J connectivity index is 1.47. The summed E-state index contributed by atoms with van der Waals surface area (Å²) in [6.07, 6.45) is 5.20. The normalized spacial score (nSPS) is 15.7. The van der Waals surface area contributed by atoms with Gasteiger partial charge in [-0.1, -0.05) is 0 Å². The van der Waals surface area contributed by atoms with E-state index < -0.39 is 0 Å². The van der Waals surface area contributed by atoms with Gasteiger partial charge in [-0.05, 0) is 32.0 Å². The lowest BCUT2D eigenvalue weighted by molar-refractivity contribution is 0.0376. The van der Waals surface area contributed by atoms with Crippen LogP contribution in [0.3, 0.4) is 0 Å². The van der Waals surface area contributed by atoms with Gasteiger partial charge in [0.2, 0.25) is 0 Å². The topological polar surface area (TPSA) is 84.5 Å². The maximum atomic E-state index is 5.40. The second-order valence-electron chi connectivity index (χ2n) is 6.97. The summed E-state index contributed by atoms with van der Waals surface area (Å²) in [6, 6.07) is 4.07. The number of aromatic nitrogens is 4. The summed E-state index contributed by atoms with van der Waals surface area (Å²) in [6.45, 7) is 9.85. The average Bonchev–Trinajstić information content (AvgIpc) is 3.34. The number of aliphatic imine (C=N–C) groups is 1. The van der Waals surface area contributed by atoms with Gasteiger partial charge in [-0.3, -0.25) is 4.90 Å². The van der Waals surface area contributed by atoms with Crippen molar-refractivity contribution in [1.29, 1.82) is 0 Å². The molecule has 0 bridgehead atoms. The van der Waals surface area contributed by atoms with E-state index in [1.807, 2.05) is 30.7 Å². The molecule has 2 aromatic rings. The van der Waals surface area contributed by atoms with Crippen LogP contribution in [0, 0.1) is 6.92 Å². The van der Waals surface area contributed by atoms with Crippen LogP contribution in [0.1, 0.15) is 18.1 Å². The van der Waals surface area contributed by atoms with Crippen LogP contribution in [0.5, 0.6) is 0 Å². The second kappa shape index (κ2) is 10.8. The van der Waals surface area contributed by atoms with Gasteiger partial charge in [-0.15, -0.1) is 10.2 Å². The molecule has 0 aromatic carbocycles. The van der Waals surface area contributed by atoms with Crippen molar-refractivity contribution in [2.45, 2.75) is 26.4 Å². The van der Waals surface area contributed by atoms with Gasteiger partial charge in [-0.2, -0.15) is 0 Å². The van der Waals surface area contributed by atoms with Crippen molar-refractivity contribution < 1.29 is 4.74 Å². The van der Waals surface area contributed by atoms with Crippen molar-refractivity contribution in [2.24, 2.45) is 12.0 Å². The first kappa shape index (κ1) is 20.3. The molecule has 2 N–H and O–H groups in total. The van der Waals surface area contributed by atoms with Crippen molar-refractivity contribution in [1.82, 2.24) is 34.9 Å². The third-order valence-electron chi connectivity index (χ3n) is 4.94. The number of nitrogens with zero attached hydrogens (tertiary/aromatic N) is 6. The Labute approximate surface area is 166 Å². The summed E-state index contributed by atoms with van der Waals surface area (Å²) in [7, 11) is 1.97. The largest absolute Gasteiger partial charge is 0.379 e. The Kier molecular flexibility index (Phi) is 7.86. The Morgan fingerprint density at radius 3 is 2.57 bits per heavy atom. The first-order valence-corrected chi connectivity index (χ1v) is 10.0. The third kappa shape index (κ3) is 6.35. The molecular weight excluding hydrogens is 356 g/mol. The predicted octanol–water partition coefficient (Wildman–Crippen LogP) is 0.383. The lowest BCUT2D eigenvalue weighted by atomic mass is 10.3. The minimum absolute atomic E-state index is 0.500. The molecule has 9 heteroatoms. The number of rotatable bonds is 9. The molecule has 0 atom stereocenters. The van der Waals surface area contributed by atoms with Crippen molar-refractivity contribution in [3.8, 4) is 0 Å². The molecule has 154 valence electrons. The number of ether oxygens (including phenoxy) is 1. The van der Waals surface area contributed by atoms with E-state index in [-0.39, 0.29) is 0 Å². The number of nitrogens with one attached hydrogen (secondary N) is 2. The zero-order valence-corrected chi connectivity index (χ0v) is 17.0. The number of morpholine rings is 1. The zero-order chi connectivity index (χ0) is 19.6. The number of aryl methyl sites for hydroxylation is 1. The Bertz CT molecular complexity index is 718. The van der Waals surface area contributed by atoms with Crippen LogP contribution in [-0.2, 0) is 24.9 Å². The van der Waals surface area contributed by atoms with E-state index in [0.29, 0.717) is 6.54 Å². The molecule has 9 nitrogen and oxygen atoms in total. The van der Waals surface area contributed by atoms with E-state index in [1.54, 1.807) is 0 Å². The zero-order valence-electron chi connectivity index (χ0n) is 17.0. The van der Waals surface area contributed by atoms with E-state index in [9.17, 15) is 0 Å². The van der Waals surface area contributed by atoms with Crippen LogP contribution < -0.4 is 10.6 Å². The molecule has 1 saturated heterocycles. The van der Waals surface area contributed by atoms with Crippen LogP contribution in [0.4, 0.5) is 0 Å². The van der Waals surface area contributed by atoms with E-state index in [0.717, 1.165) is 76.5 Å². The van der Waals surface area contributed by atoms with Crippen molar-refractivity contribution in [2.75, 3.05) is 45.9 Å². The molecule has 1 aliphatic rings. The molecule has 0 radical (unpaired) electrons. The highest BCUT2D eigenvalue weighted by atomic mass is 16.5. The van der Waals surface area contributed by atoms with Gasteiger partial charge >= 0.3 is 0 Å². The van der Waals surface area contributed by atoms with Crippen LogP contribution in [-0.4, -0.2) is 76.1 Å². The molecule has 1 aliphatic heterocycles. The molecule has 0 aliphatic carbocycles. The van der Waals surface area contributed by atoms with Crippen LogP contribution in [0.15, 0.2) is 29.5 Å². The van der Waals surface area contributed by atoms with Crippen molar-refractivity contribution in [3.63, 3.8) is 0 Å². The van der Waals surface area contributed by atoms with Crippen LogP contribution in [0.25, 0.3) is 0 Å². The molecule has 2 aromatic heterocycles. The molecular formula is C19H32N8O. The number of guanidine groups is 1. The first-order chi connectivity index (χ1) is 13.7. The highest BCUT2D eigenvalue weighted by Crippen LogP contribution is 2.00. The van der Waals surface area contributed by atoms with Crippen LogP contribution in [0.2, 0.25) is 0 Å². The molecule has 3 rings (SSSR count). The molecule has 1 fully saturated rings. The van der Waals surface area contributed by atoms with Gasteiger partial charge in [0.1, 0.15) is 12.4 Å². The van der Waals surface area contributed by atoms with E-state index in [4.69, 9.17) is 9.73 Å². The van der Waals surface area contributed by atoms with Crippen molar-refractivity contribution >= 4 is 5.96 Å². The average molecular weight is 389 g/mol.